The first-order valence-corrected chi connectivity index (χ1v) is 9.60. The number of carbonyl (C=O) groups is 2. The third-order valence-electron chi connectivity index (χ3n) is 4.44. The van der Waals surface area contributed by atoms with Crippen LogP contribution in [0.2, 0.25) is 0 Å². The summed E-state index contributed by atoms with van der Waals surface area (Å²) in [6.45, 7) is 3.14. The van der Waals surface area contributed by atoms with Crippen LogP contribution in [0.5, 0.6) is 5.75 Å². The Kier molecular flexibility index (Phi) is 7.00. The van der Waals surface area contributed by atoms with Crippen molar-refractivity contribution < 1.29 is 19.4 Å². The van der Waals surface area contributed by atoms with Crippen molar-refractivity contribution in [2.45, 2.75) is 20.3 Å². The molecule has 0 saturated carbocycles. The Morgan fingerprint density at radius 1 is 0.867 bits per heavy atom. The highest BCUT2D eigenvalue weighted by atomic mass is 17.2. The van der Waals surface area contributed by atoms with Gasteiger partial charge in [0.05, 0.1) is 0 Å². The second-order valence-electron chi connectivity index (χ2n) is 6.64. The van der Waals surface area contributed by atoms with Crippen LogP contribution in [0.25, 0.3) is 6.08 Å². The zero-order chi connectivity index (χ0) is 21.3. The number of hydrogen-bond acceptors (Lipinski definition) is 4. The van der Waals surface area contributed by atoms with Crippen molar-refractivity contribution in [1.82, 2.24) is 0 Å². The van der Waals surface area contributed by atoms with Gasteiger partial charge in [0.15, 0.2) is 5.75 Å². The molecule has 30 heavy (non-hydrogen) atoms. The number of nitrogens with zero attached hydrogens (tertiary/aromatic N) is 1. The first-order valence-electron chi connectivity index (χ1n) is 9.60. The maximum Gasteiger partial charge on any atom is 0.352 e. The number of amides is 1. The number of hydrogen-bond donors (Lipinski definition) is 0. The molecule has 0 N–H and O–H groups in total. The standard InChI is InChI=1S/C25H23NO4/c1-19-21(11-9-17-24(19)30-29-20(2)27)12-10-18-25(28)26(22-13-5-3-6-14-22)23-15-7-4-8-16-23/h3-17H,18H2,1-2H3. The molecule has 0 fully saturated rings. The van der Waals surface area contributed by atoms with Crippen LogP contribution in [-0.2, 0) is 14.5 Å². The summed E-state index contributed by atoms with van der Waals surface area (Å²) < 4.78 is 0. The van der Waals surface area contributed by atoms with Crippen LogP contribution in [0.3, 0.4) is 0 Å². The van der Waals surface area contributed by atoms with Crippen LogP contribution in [0, 0.1) is 6.92 Å². The summed E-state index contributed by atoms with van der Waals surface area (Å²) in [5, 5.41) is 0. The molecule has 5 heteroatoms. The lowest BCUT2D eigenvalue weighted by Crippen LogP contribution is -2.24. The molecule has 0 aliphatic carbocycles. The SMILES string of the molecule is CC(=O)OOc1cccc(C=CCC(=O)N(c2ccccc2)c2ccccc2)c1C. The number of benzene rings is 3. The molecular weight excluding hydrogens is 378 g/mol. The Hall–Kier alpha value is -3.86. The molecule has 1 amide bonds. The van der Waals surface area contributed by atoms with Gasteiger partial charge in [-0.1, -0.05) is 60.7 Å². The van der Waals surface area contributed by atoms with Crippen molar-refractivity contribution in [2.75, 3.05) is 4.90 Å². The third-order valence-corrected chi connectivity index (χ3v) is 4.44. The number of para-hydroxylation sites is 2. The van der Waals surface area contributed by atoms with E-state index in [9.17, 15) is 9.59 Å². The average Bonchev–Trinajstić information content (AvgIpc) is 2.76. The van der Waals surface area contributed by atoms with Crippen molar-refractivity contribution in [3.63, 3.8) is 0 Å². The van der Waals surface area contributed by atoms with Gasteiger partial charge in [-0.15, -0.1) is 0 Å². The zero-order valence-electron chi connectivity index (χ0n) is 16.9. The van der Waals surface area contributed by atoms with Gasteiger partial charge in [0.1, 0.15) is 0 Å². The van der Waals surface area contributed by atoms with Gasteiger partial charge in [-0.3, -0.25) is 19.5 Å². The predicted octanol–water partition coefficient (Wildman–Crippen LogP) is 5.62. The first kappa shape index (κ1) is 20.9. The van der Waals surface area contributed by atoms with E-state index in [-0.39, 0.29) is 12.3 Å². The number of rotatable bonds is 7. The van der Waals surface area contributed by atoms with Crippen molar-refractivity contribution in [3.8, 4) is 5.75 Å². The van der Waals surface area contributed by atoms with E-state index in [1.54, 1.807) is 17.0 Å². The van der Waals surface area contributed by atoms with Gasteiger partial charge in [-0.05, 0) is 42.8 Å². The van der Waals surface area contributed by atoms with Crippen molar-refractivity contribution in [1.29, 1.82) is 0 Å². The van der Waals surface area contributed by atoms with Crippen molar-refractivity contribution in [3.05, 3.63) is 96.1 Å². The normalized spacial score (nSPS) is 10.6. The summed E-state index contributed by atoms with van der Waals surface area (Å²) in [5.41, 5.74) is 3.31. The van der Waals surface area contributed by atoms with Gasteiger partial charge in [0.2, 0.25) is 5.91 Å². The van der Waals surface area contributed by atoms with E-state index < -0.39 is 5.97 Å². The highest BCUT2D eigenvalue weighted by Gasteiger charge is 2.16. The largest absolute Gasteiger partial charge is 0.352 e. The molecule has 0 bridgehead atoms. The Morgan fingerprint density at radius 3 is 2.03 bits per heavy atom. The van der Waals surface area contributed by atoms with Crippen LogP contribution in [0.15, 0.2) is 84.9 Å². The number of anilines is 2. The van der Waals surface area contributed by atoms with E-state index in [1.165, 1.54) is 6.92 Å². The molecule has 0 saturated heterocycles. The van der Waals surface area contributed by atoms with Crippen LogP contribution >= 0.6 is 0 Å². The van der Waals surface area contributed by atoms with Crippen LogP contribution in [0.1, 0.15) is 24.5 Å². The first-order chi connectivity index (χ1) is 14.6. The summed E-state index contributed by atoms with van der Waals surface area (Å²) in [4.78, 5) is 35.4. The van der Waals surface area contributed by atoms with Crippen LogP contribution in [0.4, 0.5) is 11.4 Å². The molecule has 0 radical (unpaired) electrons. The molecule has 0 atom stereocenters. The van der Waals surface area contributed by atoms with E-state index in [0.717, 1.165) is 22.5 Å². The average molecular weight is 401 g/mol. The fourth-order valence-corrected chi connectivity index (χ4v) is 2.98. The summed E-state index contributed by atoms with van der Waals surface area (Å²) in [5.74, 6) is -0.120. The van der Waals surface area contributed by atoms with Crippen LogP contribution in [-0.4, -0.2) is 11.9 Å². The number of carbonyl (C=O) groups excluding carboxylic acids is 2. The molecule has 3 aromatic carbocycles. The molecule has 3 aromatic rings. The van der Waals surface area contributed by atoms with Gasteiger partial charge >= 0.3 is 5.97 Å². The Balaban J connectivity index is 1.77. The van der Waals surface area contributed by atoms with Crippen molar-refractivity contribution in [2.24, 2.45) is 0 Å². The second kappa shape index (κ2) is 10.1. The zero-order valence-corrected chi connectivity index (χ0v) is 16.9. The van der Waals surface area contributed by atoms with Gasteiger partial charge in [-0.2, -0.15) is 0 Å². The molecule has 0 aliphatic rings. The quantitative estimate of drug-likeness (QED) is 0.381. The van der Waals surface area contributed by atoms with E-state index >= 15 is 0 Å². The lowest BCUT2D eigenvalue weighted by molar-refractivity contribution is -0.211. The summed E-state index contributed by atoms with van der Waals surface area (Å²) in [6.07, 6.45) is 3.90. The molecule has 0 aromatic heterocycles. The third kappa shape index (κ3) is 5.35. The lowest BCUT2D eigenvalue weighted by Gasteiger charge is -2.22. The van der Waals surface area contributed by atoms with Gasteiger partial charge in [0.25, 0.3) is 0 Å². The highest BCUT2D eigenvalue weighted by molar-refractivity contribution is 6.01. The Labute approximate surface area is 176 Å². The van der Waals surface area contributed by atoms with E-state index in [1.807, 2.05) is 85.8 Å². The summed E-state index contributed by atoms with van der Waals surface area (Å²) >= 11 is 0. The highest BCUT2D eigenvalue weighted by Crippen LogP contribution is 2.26. The summed E-state index contributed by atoms with van der Waals surface area (Å²) in [7, 11) is 0. The van der Waals surface area contributed by atoms with Crippen LogP contribution < -0.4 is 9.79 Å². The molecule has 0 spiro atoms. The Bertz CT molecular complexity index is 990. The van der Waals surface area contributed by atoms with E-state index in [4.69, 9.17) is 4.89 Å². The van der Waals surface area contributed by atoms with Gasteiger partial charge < -0.3 is 0 Å². The van der Waals surface area contributed by atoms with Gasteiger partial charge in [0, 0.05) is 30.3 Å². The molecule has 0 unspecified atom stereocenters. The van der Waals surface area contributed by atoms with E-state index in [2.05, 4.69) is 4.89 Å². The monoisotopic (exact) mass is 401 g/mol. The minimum absolute atomic E-state index is 0.0476. The maximum absolute atomic E-state index is 13.1. The maximum atomic E-state index is 13.1. The molecule has 3 rings (SSSR count). The van der Waals surface area contributed by atoms with E-state index in [0.29, 0.717) is 5.75 Å². The lowest BCUT2D eigenvalue weighted by atomic mass is 10.1. The molecule has 5 nitrogen and oxygen atoms in total. The van der Waals surface area contributed by atoms with Gasteiger partial charge in [-0.25, -0.2) is 4.79 Å². The molecular formula is C25H23NO4. The topological polar surface area (TPSA) is 55.8 Å². The smallest absolute Gasteiger partial charge is 0.287 e. The predicted molar refractivity (Wildman–Crippen MR) is 117 cm³/mol. The Morgan fingerprint density at radius 2 is 1.47 bits per heavy atom. The summed E-state index contributed by atoms with van der Waals surface area (Å²) in [6, 6.07) is 24.5. The fourth-order valence-electron chi connectivity index (χ4n) is 2.98. The molecule has 152 valence electrons. The minimum atomic E-state index is -0.525. The second-order valence-corrected chi connectivity index (χ2v) is 6.64. The van der Waals surface area contributed by atoms with Crippen molar-refractivity contribution >= 4 is 29.3 Å². The minimum Gasteiger partial charge on any atom is -0.287 e. The molecule has 0 heterocycles. The fraction of sp³-hybridized carbons (Fsp3) is 0.120. The molecule has 0 aliphatic heterocycles.